The van der Waals surface area contributed by atoms with Gasteiger partial charge < -0.3 is 33.3 Å². The van der Waals surface area contributed by atoms with Crippen molar-refractivity contribution in [2.45, 2.75) is 116 Å². The van der Waals surface area contributed by atoms with E-state index >= 15 is 0 Å². The zero-order chi connectivity index (χ0) is 26.0. The Labute approximate surface area is 216 Å². The van der Waals surface area contributed by atoms with E-state index in [0.29, 0.717) is 52.4 Å². The van der Waals surface area contributed by atoms with Crippen LogP contribution in [0.1, 0.15) is 91.9 Å². The number of carbonyl (C=O) groups excluding carboxylic acids is 2. The first kappa shape index (κ1) is 29.1. The van der Waals surface area contributed by atoms with Crippen LogP contribution in [0, 0.1) is 5.92 Å². The fourth-order valence-corrected chi connectivity index (χ4v) is 4.93. The molecule has 3 heterocycles. The highest BCUT2D eigenvalue weighted by Crippen LogP contribution is 2.27. The maximum atomic E-state index is 12.8. The van der Waals surface area contributed by atoms with Crippen LogP contribution < -0.4 is 0 Å². The predicted molar refractivity (Wildman–Crippen MR) is 133 cm³/mol. The van der Waals surface area contributed by atoms with Gasteiger partial charge in [-0.25, -0.2) is 4.79 Å². The van der Waals surface area contributed by atoms with Gasteiger partial charge in [-0.1, -0.05) is 0 Å². The van der Waals surface area contributed by atoms with Crippen LogP contribution in [0.5, 0.6) is 0 Å². The first-order valence-corrected chi connectivity index (χ1v) is 13.8. The van der Waals surface area contributed by atoms with Crippen LogP contribution >= 0.6 is 0 Å². The van der Waals surface area contributed by atoms with E-state index in [1.807, 2.05) is 27.7 Å². The molecule has 9 nitrogen and oxygen atoms in total. The number of unbranched alkanes of at least 4 members (excludes halogenated alkanes) is 2. The van der Waals surface area contributed by atoms with Crippen molar-refractivity contribution in [3.63, 3.8) is 0 Å². The van der Waals surface area contributed by atoms with Crippen LogP contribution in [-0.4, -0.2) is 80.3 Å². The van der Waals surface area contributed by atoms with E-state index in [0.717, 1.165) is 51.4 Å². The smallest absolute Gasteiger partial charge is 0.410 e. The van der Waals surface area contributed by atoms with Gasteiger partial charge in [0.15, 0.2) is 12.6 Å². The van der Waals surface area contributed by atoms with Crippen molar-refractivity contribution in [1.29, 1.82) is 0 Å². The van der Waals surface area contributed by atoms with Gasteiger partial charge in [-0.2, -0.15) is 0 Å². The number of nitrogens with zero attached hydrogens (tertiary/aromatic N) is 1. The van der Waals surface area contributed by atoms with Gasteiger partial charge >= 0.3 is 12.1 Å². The van der Waals surface area contributed by atoms with Crippen LogP contribution in [0.2, 0.25) is 0 Å². The average Bonchev–Trinajstić information content (AvgIpc) is 3.53. The number of hydrogen-bond acceptors (Lipinski definition) is 8. The molecule has 3 saturated heterocycles. The van der Waals surface area contributed by atoms with Gasteiger partial charge in [0.2, 0.25) is 0 Å². The number of carbonyl (C=O) groups is 2. The summed E-state index contributed by atoms with van der Waals surface area (Å²) in [5, 5.41) is 0. The summed E-state index contributed by atoms with van der Waals surface area (Å²) in [7, 11) is 0. The zero-order valence-electron chi connectivity index (χ0n) is 22.8. The van der Waals surface area contributed by atoms with Crippen LogP contribution in [0.3, 0.4) is 0 Å². The topological polar surface area (TPSA) is 92.8 Å². The monoisotopic (exact) mass is 513 g/mol. The highest BCUT2D eigenvalue weighted by Gasteiger charge is 2.34. The predicted octanol–water partition coefficient (Wildman–Crippen LogP) is 4.80. The molecule has 0 radical (unpaired) electrons. The quantitative estimate of drug-likeness (QED) is 0.256. The van der Waals surface area contributed by atoms with Crippen LogP contribution in [0.15, 0.2) is 0 Å². The van der Waals surface area contributed by atoms with Crippen molar-refractivity contribution in [3.8, 4) is 0 Å². The fourth-order valence-electron chi connectivity index (χ4n) is 4.93. The molecule has 208 valence electrons. The zero-order valence-corrected chi connectivity index (χ0v) is 22.8. The second kappa shape index (κ2) is 13.9. The second-order valence-corrected chi connectivity index (χ2v) is 11.4. The molecule has 3 rings (SSSR count). The lowest BCUT2D eigenvalue weighted by molar-refractivity contribution is -0.164. The van der Waals surface area contributed by atoms with Gasteiger partial charge in [0.1, 0.15) is 11.2 Å². The molecule has 0 bridgehead atoms. The first-order chi connectivity index (χ1) is 17.1. The van der Waals surface area contributed by atoms with Crippen molar-refractivity contribution >= 4 is 12.1 Å². The highest BCUT2D eigenvalue weighted by molar-refractivity contribution is 5.74. The summed E-state index contributed by atoms with van der Waals surface area (Å²) in [6.45, 7) is 11.6. The Kier molecular flexibility index (Phi) is 11.3. The molecule has 3 aliphatic rings. The van der Waals surface area contributed by atoms with Crippen molar-refractivity contribution in [3.05, 3.63) is 0 Å². The summed E-state index contributed by atoms with van der Waals surface area (Å²) < 4.78 is 33.5. The van der Waals surface area contributed by atoms with Gasteiger partial charge in [0.25, 0.3) is 0 Å². The highest BCUT2D eigenvalue weighted by atomic mass is 16.7. The Hall–Kier alpha value is -1.42. The Morgan fingerprint density at radius 3 is 1.64 bits per heavy atom. The summed E-state index contributed by atoms with van der Waals surface area (Å²) in [5.74, 6) is -0.340. The van der Waals surface area contributed by atoms with E-state index in [9.17, 15) is 9.59 Å². The number of amides is 1. The third-order valence-corrected chi connectivity index (χ3v) is 7.15. The lowest BCUT2D eigenvalue weighted by Crippen LogP contribution is -2.44. The Morgan fingerprint density at radius 1 is 0.722 bits per heavy atom. The number of ether oxygens (including phenoxy) is 6. The van der Waals surface area contributed by atoms with E-state index in [2.05, 4.69) is 0 Å². The maximum Gasteiger partial charge on any atom is 0.410 e. The SMILES string of the molecule is CC(C)(CCCCC1OCCO1)OC(=O)C1CCN(C(=O)OC(C)(C)CCCCC2OCCO2)CC1. The Balaban J connectivity index is 1.29. The molecule has 0 saturated carbocycles. The number of likely N-dealkylation sites (tertiary alicyclic amines) is 1. The number of esters is 1. The third kappa shape index (κ3) is 10.1. The molecule has 0 spiro atoms. The average molecular weight is 514 g/mol. The van der Waals surface area contributed by atoms with Crippen molar-refractivity contribution in [2.75, 3.05) is 39.5 Å². The van der Waals surface area contributed by atoms with Crippen LogP contribution in [0.25, 0.3) is 0 Å². The number of piperidine rings is 1. The van der Waals surface area contributed by atoms with E-state index in [1.165, 1.54) is 0 Å². The molecular formula is C27H47NO8. The maximum absolute atomic E-state index is 12.8. The second-order valence-electron chi connectivity index (χ2n) is 11.4. The molecule has 3 aliphatic heterocycles. The van der Waals surface area contributed by atoms with Gasteiger partial charge in [0.05, 0.1) is 32.3 Å². The summed E-state index contributed by atoms with van der Waals surface area (Å²) in [6, 6.07) is 0. The number of rotatable bonds is 13. The lowest BCUT2D eigenvalue weighted by atomic mass is 9.95. The first-order valence-electron chi connectivity index (χ1n) is 13.8. The molecule has 0 aliphatic carbocycles. The Bertz CT molecular complexity index is 619. The lowest BCUT2D eigenvalue weighted by Gasteiger charge is -2.35. The minimum atomic E-state index is -0.537. The fraction of sp³-hybridized carbons (Fsp3) is 0.926. The molecule has 0 aromatic rings. The standard InChI is InChI=1S/C27H47NO8/c1-26(2,13-7-5-9-22-31-17-18-32-22)35-24(29)21-11-15-28(16-12-21)25(30)36-27(3,4)14-8-6-10-23-33-19-20-34-23/h21-23H,5-20H2,1-4H3. The molecule has 1 amide bonds. The molecule has 0 unspecified atom stereocenters. The van der Waals surface area contributed by atoms with Gasteiger partial charge in [-0.15, -0.1) is 0 Å². The van der Waals surface area contributed by atoms with E-state index in [-0.39, 0.29) is 30.6 Å². The minimum Gasteiger partial charge on any atom is -0.459 e. The number of hydrogen-bond donors (Lipinski definition) is 0. The normalized spacial score (nSPS) is 20.7. The van der Waals surface area contributed by atoms with Gasteiger partial charge in [-0.05, 0) is 91.9 Å². The van der Waals surface area contributed by atoms with Crippen LogP contribution in [-0.2, 0) is 33.2 Å². The molecule has 0 aromatic heterocycles. The van der Waals surface area contributed by atoms with Gasteiger partial charge in [0, 0.05) is 13.1 Å². The summed E-state index contributed by atoms with van der Waals surface area (Å²) in [5.41, 5.74) is -1.05. The summed E-state index contributed by atoms with van der Waals surface area (Å²) in [4.78, 5) is 27.2. The molecule has 9 heteroatoms. The van der Waals surface area contributed by atoms with Gasteiger partial charge in [-0.3, -0.25) is 4.79 Å². The van der Waals surface area contributed by atoms with Crippen molar-refractivity contribution < 1.29 is 38.0 Å². The molecule has 36 heavy (non-hydrogen) atoms. The molecule has 3 fully saturated rings. The van der Waals surface area contributed by atoms with Crippen molar-refractivity contribution in [2.24, 2.45) is 5.92 Å². The molecule has 0 N–H and O–H groups in total. The molecular weight excluding hydrogens is 466 g/mol. The van der Waals surface area contributed by atoms with E-state index in [4.69, 9.17) is 28.4 Å². The van der Waals surface area contributed by atoms with Crippen molar-refractivity contribution in [1.82, 2.24) is 4.90 Å². The largest absolute Gasteiger partial charge is 0.459 e. The Morgan fingerprint density at radius 2 is 1.17 bits per heavy atom. The summed E-state index contributed by atoms with van der Waals surface area (Å²) in [6.07, 6.45) is 7.90. The summed E-state index contributed by atoms with van der Waals surface area (Å²) >= 11 is 0. The molecule has 0 atom stereocenters. The third-order valence-electron chi connectivity index (χ3n) is 7.15. The molecule has 0 aromatic carbocycles. The van der Waals surface area contributed by atoms with E-state index < -0.39 is 11.2 Å². The minimum absolute atomic E-state index is 0.0788. The van der Waals surface area contributed by atoms with Crippen LogP contribution in [0.4, 0.5) is 4.79 Å². The van der Waals surface area contributed by atoms with E-state index in [1.54, 1.807) is 4.90 Å².